The summed E-state index contributed by atoms with van der Waals surface area (Å²) in [6, 6.07) is 10.7. The normalized spacial score (nSPS) is 10.5. The molecule has 1 aromatic heterocycles. The number of benzene rings is 1. The lowest BCUT2D eigenvalue weighted by Gasteiger charge is -2.01. The first kappa shape index (κ1) is 12.3. The molecule has 0 atom stereocenters. The van der Waals surface area contributed by atoms with Gasteiger partial charge in [-0.15, -0.1) is 0 Å². The number of amides is 1. The van der Waals surface area contributed by atoms with Crippen LogP contribution in [0.2, 0.25) is 5.02 Å². The number of nitrogens with zero attached hydrogens (tertiary/aromatic N) is 1. The lowest BCUT2D eigenvalue weighted by molar-refractivity contribution is -0.111. The molecule has 2 rings (SSSR count). The Morgan fingerprint density at radius 2 is 2.17 bits per heavy atom. The number of pyridine rings is 1. The highest BCUT2D eigenvalue weighted by Crippen LogP contribution is 2.14. The van der Waals surface area contributed by atoms with Crippen molar-refractivity contribution in [3.63, 3.8) is 0 Å². The first-order valence-corrected chi connectivity index (χ1v) is 5.76. The number of aromatic nitrogens is 1. The Hall–Kier alpha value is -2.13. The number of rotatable bonds is 3. The van der Waals surface area contributed by atoms with Gasteiger partial charge in [0.15, 0.2) is 0 Å². The van der Waals surface area contributed by atoms with Crippen molar-refractivity contribution in [2.24, 2.45) is 0 Å². The monoisotopic (exact) mass is 258 g/mol. The molecule has 0 aliphatic heterocycles. The summed E-state index contributed by atoms with van der Waals surface area (Å²) in [4.78, 5) is 15.6. The van der Waals surface area contributed by atoms with Gasteiger partial charge in [0.2, 0.25) is 5.91 Å². The number of hydrogen-bond donors (Lipinski definition) is 1. The van der Waals surface area contributed by atoms with Gasteiger partial charge >= 0.3 is 0 Å². The molecule has 1 amide bonds. The average Bonchev–Trinajstić information content (AvgIpc) is 2.38. The molecular weight excluding hydrogens is 248 g/mol. The first-order chi connectivity index (χ1) is 8.74. The van der Waals surface area contributed by atoms with Crippen LogP contribution in [0.1, 0.15) is 5.56 Å². The third-order valence-corrected chi connectivity index (χ3v) is 2.44. The van der Waals surface area contributed by atoms with E-state index in [9.17, 15) is 4.79 Å². The average molecular weight is 259 g/mol. The highest BCUT2D eigenvalue weighted by molar-refractivity contribution is 6.30. The maximum atomic E-state index is 11.6. The molecule has 0 aliphatic rings. The van der Waals surface area contributed by atoms with Crippen molar-refractivity contribution in [1.29, 1.82) is 0 Å². The van der Waals surface area contributed by atoms with Crippen molar-refractivity contribution in [2.75, 3.05) is 5.32 Å². The number of carbonyl (C=O) groups is 1. The summed E-state index contributed by atoms with van der Waals surface area (Å²) in [6.07, 6.45) is 6.53. The van der Waals surface area contributed by atoms with Gasteiger partial charge in [0, 0.05) is 29.2 Å². The fraction of sp³-hybridized carbons (Fsp3) is 0. The lowest BCUT2D eigenvalue weighted by atomic mass is 10.2. The molecule has 18 heavy (non-hydrogen) atoms. The summed E-state index contributed by atoms with van der Waals surface area (Å²) in [5.74, 6) is -0.207. The predicted molar refractivity (Wildman–Crippen MR) is 73.4 cm³/mol. The molecule has 1 aromatic carbocycles. The van der Waals surface area contributed by atoms with Gasteiger partial charge in [-0.2, -0.15) is 0 Å². The predicted octanol–water partition coefficient (Wildman–Crippen LogP) is 3.39. The minimum atomic E-state index is -0.207. The Bertz CT molecular complexity index is 567. The van der Waals surface area contributed by atoms with E-state index in [1.807, 2.05) is 12.1 Å². The summed E-state index contributed by atoms with van der Waals surface area (Å²) in [7, 11) is 0. The molecule has 0 unspecified atom stereocenters. The van der Waals surface area contributed by atoms with E-state index in [0.29, 0.717) is 10.7 Å². The number of nitrogens with one attached hydrogen (secondary N) is 1. The minimum absolute atomic E-state index is 0.207. The molecule has 0 aliphatic carbocycles. The molecule has 1 N–H and O–H groups in total. The summed E-state index contributed by atoms with van der Waals surface area (Å²) < 4.78 is 0. The zero-order chi connectivity index (χ0) is 12.8. The van der Waals surface area contributed by atoms with Crippen LogP contribution in [0.3, 0.4) is 0 Å². The Kier molecular flexibility index (Phi) is 4.10. The van der Waals surface area contributed by atoms with Crippen LogP contribution in [-0.2, 0) is 4.79 Å². The van der Waals surface area contributed by atoms with E-state index in [2.05, 4.69) is 10.3 Å². The van der Waals surface area contributed by atoms with Crippen molar-refractivity contribution in [1.82, 2.24) is 4.98 Å². The first-order valence-electron chi connectivity index (χ1n) is 5.39. The van der Waals surface area contributed by atoms with Gasteiger partial charge in [0.05, 0.1) is 0 Å². The highest BCUT2D eigenvalue weighted by Gasteiger charge is 1.98. The van der Waals surface area contributed by atoms with Crippen LogP contribution in [0, 0.1) is 0 Å². The third-order valence-electron chi connectivity index (χ3n) is 2.20. The van der Waals surface area contributed by atoms with Crippen molar-refractivity contribution < 1.29 is 4.79 Å². The quantitative estimate of drug-likeness (QED) is 0.858. The number of anilines is 1. The van der Waals surface area contributed by atoms with Gasteiger partial charge in [-0.3, -0.25) is 9.78 Å². The third kappa shape index (κ3) is 3.71. The van der Waals surface area contributed by atoms with E-state index < -0.39 is 0 Å². The number of halogens is 1. The summed E-state index contributed by atoms with van der Waals surface area (Å²) in [5, 5.41) is 3.31. The van der Waals surface area contributed by atoms with Crippen molar-refractivity contribution in [2.45, 2.75) is 0 Å². The molecular formula is C14H11ClN2O. The summed E-state index contributed by atoms with van der Waals surface area (Å²) in [6.45, 7) is 0. The Labute approximate surface area is 110 Å². The standard InChI is InChI=1S/C14H11ClN2O/c15-12-4-1-5-13(9-12)17-14(18)7-6-11-3-2-8-16-10-11/h1-10H,(H,17,18)/b7-6+. The topological polar surface area (TPSA) is 42.0 Å². The van der Waals surface area contributed by atoms with Crippen LogP contribution in [0.4, 0.5) is 5.69 Å². The largest absolute Gasteiger partial charge is 0.322 e. The smallest absolute Gasteiger partial charge is 0.248 e. The van der Waals surface area contributed by atoms with Crippen LogP contribution >= 0.6 is 11.6 Å². The number of carbonyl (C=O) groups excluding carboxylic acids is 1. The lowest BCUT2D eigenvalue weighted by Crippen LogP contribution is -2.07. The summed E-state index contributed by atoms with van der Waals surface area (Å²) >= 11 is 5.82. The van der Waals surface area contributed by atoms with E-state index >= 15 is 0 Å². The van der Waals surface area contributed by atoms with Crippen LogP contribution in [-0.4, -0.2) is 10.9 Å². The van der Waals surface area contributed by atoms with Crippen LogP contribution in [0.5, 0.6) is 0 Å². The van der Waals surface area contributed by atoms with E-state index in [0.717, 1.165) is 5.56 Å². The van der Waals surface area contributed by atoms with Crippen molar-refractivity contribution >= 4 is 29.3 Å². The number of hydrogen-bond acceptors (Lipinski definition) is 2. The second kappa shape index (κ2) is 5.98. The maximum absolute atomic E-state index is 11.6. The van der Waals surface area contributed by atoms with E-state index in [4.69, 9.17) is 11.6 Å². The molecule has 3 nitrogen and oxygen atoms in total. The van der Waals surface area contributed by atoms with Crippen molar-refractivity contribution in [3.8, 4) is 0 Å². The van der Waals surface area contributed by atoms with Gasteiger partial charge in [0.25, 0.3) is 0 Å². The zero-order valence-electron chi connectivity index (χ0n) is 9.51. The van der Waals surface area contributed by atoms with E-state index in [1.165, 1.54) is 6.08 Å². The molecule has 0 saturated carbocycles. The maximum Gasteiger partial charge on any atom is 0.248 e. The van der Waals surface area contributed by atoms with E-state index in [-0.39, 0.29) is 5.91 Å². The zero-order valence-corrected chi connectivity index (χ0v) is 10.3. The molecule has 0 spiro atoms. The fourth-order valence-electron chi connectivity index (χ4n) is 1.40. The SMILES string of the molecule is O=C(/C=C/c1cccnc1)Nc1cccc(Cl)c1. The molecule has 4 heteroatoms. The second-order valence-electron chi connectivity index (χ2n) is 3.62. The Balaban J connectivity index is 1.99. The summed E-state index contributed by atoms with van der Waals surface area (Å²) in [5.41, 5.74) is 1.54. The fourth-order valence-corrected chi connectivity index (χ4v) is 1.59. The van der Waals surface area contributed by atoms with Crippen LogP contribution in [0.25, 0.3) is 6.08 Å². The molecule has 0 fully saturated rings. The molecule has 0 radical (unpaired) electrons. The Morgan fingerprint density at radius 3 is 2.89 bits per heavy atom. The van der Waals surface area contributed by atoms with Gasteiger partial charge in [-0.05, 0) is 35.9 Å². The molecule has 0 bridgehead atoms. The van der Waals surface area contributed by atoms with Gasteiger partial charge in [0.1, 0.15) is 0 Å². The molecule has 1 heterocycles. The van der Waals surface area contributed by atoms with Gasteiger partial charge < -0.3 is 5.32 Å². The Morgan fingerprint density at radius 1 is 1.28 bits per heavy atom. The molecule has 2 aromatic rings. The molecule has 0 saturated heterocycles. The van der Waals surface area contributed by atoms with E-state index in [1.54, 1.807) is 42.7 Å². The minimum Gasteiger partial charge on any atom is -0.322 e. The molecule has 90 valence electrons. The second-order valence-corrected chi connectivity index (χ2v) is 4.06. The van der Waals surface area contributed by atoms with Crippen LogP contribution in [0.15, 0.2) is 54.9 Å². The van der Waals surface area contributed by atoms with Crippen molar-refractivity contribution in [3.05, 3.63) is 65.5 Å². The van der Waals surface area contributed by atoms with Gasteiger partial charge in [-0.25, -0.2) is 0 Å². The van der Waals surface area contributed by atoms with Gasteiger partial charge in [-0.1, -0.05) is 23.7 Å². The highest BCUT2D eigenvalue weighted by atomic mass is 35.5. The van der Waals surface area contributed by atoms with Crippen LogP contribution < -0.4 is 5.32 Å².